The number of anilines is 1. The highest BCUT2D eigenvalue weighted by Gasteiger charge is 2.19. The molecule has 0 radical (unpaired) electrons. The Kier molecular flexibility index (Phi) is 2.42. The van der Waals surface area contributed by atoms with Gasteiger partial charge in [0.15, 0.2) is 11.3 Å². The largest absolute Gasteiger partial charge is 0.459 e. The van der Waals surface area contributed by atoms with Gasteiger partial charge in [-0.2, -0.15) is 0 Å². The molecule has 98 valence electrons. The Bertz CT molecular complexity index is 719. The van der Waals surface area contributed by atoms with Gasteiger partial charge in [0.05, 0.1) is 12.0 Å². The van der Waals surface area contributed by atoms with Crippen LogP contribution in [0.3, 0.4) is 0 Å². The van der Waals surface area contributed by atoms with Crippen molar-refractivity contribution in [2.24, 2.45) is 0 Å². The highest BCUT2D eigenvalue weighted by molar-refractivity contribution is 5.87. The van der Waals surface area contributed by atoms with Gasteiger partial charge in [-0.25, -0.2) is 4.98 Å². The van der Waals surface area contributed by atoms with E-state index in [0.717, 1.165) is 11.1 Å². The number of nitrogens with two attached hydrogens (primary N) is 1. The molecule has 0 amide bonds. The molecule has 0 saturated heterocycles. The number of furan rings is 1. The molecule has 4 nitrogen and oxygen atoms in total. The number of hydrogen-bond donors (Lipinski definition) is 1. The predicted octanol–water partition coefficient (Wildman–Crippen LogP) is 3.97. The molecule has 0 atom stereocenters. The monoisotopic (exact) mass is 256 g/mol. The lowest BCUT2D eigenvalue weighted by Crippen LogP contribution is -2.11. The van der Waals surface area contributed by atoms with Crippen molar-refractivity contribution in [3.05, 3.63) is 36.1 Å². The van der Waals surface area contributed by atoms with E-state index in [-0.39, 0.29) is 5.41 Å². The van der Waals surface area contributed by atoms with Gasteiger partial charge in [0.25, 0.3) is 5.89 Å². The molecule has 0 bridgehead atoms. The average molecular weight is 256 g/mol. The quantitative estimate of drug-likeness (QED) is 0.669. The summed E-state index contributed by atoms with van der Waals surface area (Å²) in [7, 11) is 0. The number of rotatable bonds is 1. The van der Waals surface area contributed by atoms with Gasteiger partial charge in [-0.05, 0) is 35.2 Å². The van der Waals surface area contributed by atoms with E-state index < -0.39 is 0 Å². The zero-order valence-corrected chi connectivity index (χ0v) is 11.2. The Morgan fingerprint density at radius 1 is 1.21 bits per heavy atom. The third kappa shape index (κ3) is 1.99. The van der Waals surface area contributed by atoms with Crippen molar-refractivity contribution in [1.82, 2.24) is 4.98 Å². The number of aromatic nitrogens is 1. The van der Waals surface area contributed by atoms with E-state index in [1.54, 1.807) is 12.3 Å². The molecule has 1 aromatic carbocycles. The lowest BCUT2D eigenvalue weighted by Gasteiger charge is -2.19. The van der Waals surface area contributed by atoms with Gasteiger partial charge in [0.1, 0.15) is 5.52 Å². The first-order valence-corrected chi connectivity index (χ1v) is 6.19. The van der Waals surface area contributed by atoms with Crippen molar-refractivity contribution in [2.75, 3.05) is 5.73 Å². The van der Waals surface area contributed by atoms with E-state index in [0.29, 0.717) is 22.9 Å². The summed E-state index contributed by atoms with van der Waals surface area (Å²) in [4.78, 5) is 4.45. The molecular formula is C15H16N2O2. The maximum absolute atomic E-state index is 6.06. The second-order valence-electron chi connectivity index (χ2n) is 5.66. The van der Waals surface area contributed by atoms with Crippen LogP contribution in [0, 0.1) is 0 Å². The second-order valence-corrected chi connectivity index (χ2v) is 5.66. The lowest BCUT2D eigenvalue weighted by molar-refractivity contribution is 0.535. The smallest absolute Gasteiger partial charge is 0.264 e. The van der Waals surface area contributed by atoms with Crippen LogP contribution in [0.4, 0.5) is 5.69 Å². The van der Waals surface area contributed by atoms with Crippen molar-refractivity contribution in [3.63, 3.8) is 0 Å². The molecular weight excluding hydrogens is 240 g/mol. The molecule has 2 aromatic heterocycles. The molecule has 19 heavy (non-hydrogen) atoms. The van der Waals surface area contributed by atoms with Crippen molar-refractivity contribution in [1.29, 1.82) is 0 Å². The minimum Gasteiger partial charge on any atom is -0.459 e. The predicted molar refractivity (Wildman–Crippen MR) is 74.8 cm³/mol. The fourth-order valence-electron chi connectivity index (χ4n) is 2.00. The van der Waals surface area contributed by atoms with Crippen LogP contribution in [0.2, 0.25) is 0 Å². The maximum Gasteiger partial charge on any atom is 0.264 e. The fourth-order valence-corrected chi connectivity index (χ4v) is 2.00. The first-order valence-electron chi connectivity index (χ1n) is 6.19. The van der Waals surface area contributed by atoms with Crippen LogP contribution in [0.25, 0.3) is 22.8 Å². The molecule has 0 saturated carbocycles. The number of oxazole rings is 1. The molecule has 4 heteroatoms. The molecule has 2 N–H and O–H groups in total. The molecule has 0 spiro atoms. The molecule has 0 unspecified atom stereocenters. The first kappa shape index (κ1) is 11.8. The summed E-state index contributed by atoms with van der Waals surface area (Å²) in [5.41, 5.74) is 9.19. The Morgan fingerprint density at radius 2 is 2.00 bits per heavy atom. The Balaban J connectivity index is 2.21. The van der Waals surface area contributed by atoms with Crippen LogP contribution in [0.1, 0.15) is 26.3 Å². The van der Waals surface area contributed by atoms with E-state index in [1.807, 2.05) is 18.2 Å². The average Bonchev–Trinajstić information content (AvgIpc) is 2.95. The zero-order valence-electron chi connectivity index (χ0n) is 11.2. The SMILES string of the molecule is CC(C)(C)c1cc(N)c2oc(-c3ccco3)nc2c1. The second kappa shape index (κ2) is 3.88. The minimum atomic E-state index is 0.0199. The number of nitrogens with zero attached hydrogens (tertiary/aromatic N) is 1. The van der Waals surface area contributed by atoms with Gasteiger partial charge in [-0.1, -0.05) is 20.8 Å². The Labute approximate surface area is 111 Å². The lowest BCUT2D eigenvalue weighted by atomic mass is 9.86. The Morgan fingerprint density at radius 3 is 2.63 bits per heavy atom. The van der Waals surface area contributed by atoms with Crippen molar-refractivity contribution >= 4 is 16.8 Å². The molecule has 3 rings (SSSR count). The standard InChI is InChI=1S/C15H16N2O2/c1-15(2,3)9-7-10(16)13-11(8-9)17-14(19-13)12-5-4-6-18-12/h4-8H,16H2,1-3H3. The normalized spacial score (nSPS) is 12.2. The van der Waals surface area contributed by atoms with E-state index >= 15 is 0 Å². The highest BCUT2D eigenvalue weighted by atomic mass is 16.4. The van der Waals surface area contributed by atoms with Crippen molar-refractivity contribution < 1.29 is 8.83 Å². The topological polar surface area (TPSA) is 65.2 Å². The van der Waals surface area contributed by atoms with Crippen molar-refractivity contribution in [2.45, 2.75) is 26.2 Å². The Hall–Kier alpha value is -2.23. The molecule has 0 aliphatic carbocycles. The summed E-state index contributed by atoms with van der Waals surface area (Å²) < 4.78 is 11.0. The summed E-state index contributed by atoms with van der Waals surface area (Å²) in [5.74, 6) is 1.06. The highest BCUT2D eigenvalue weighted by Crippen LogP contribution is 2.33. The van der Waals surface area contributed by atoms with Crippen LogP contribution in [-0.2, 0) is 5.41 Å². The van der Waals surface area contributed by atoms with Crippen LogP contribution in [-0.4, -0.2) is 4.98 Å². The number of nitrogen functional groups attached to an aromatic ring is 1. The summed E-state index contributed by atoms with van der Waals surface area (Å²) in [6.45, 7) is 6.42. The maximum atomic E-state index is 6.06. The van der Waals surface area contributed by atoms with Gasteiger partial charge < -0.3 is 14.6 Å². The van der Waals surface area contributed by atoms with Gasteiger partial charge in [0.2, 0.25) is 0 Å². The van der Waals surface area contributed by atoms with Gasteiger partial charge >= 0.3 is 0 Å². The van der Waals surface area contributed by atoms with Crippen LogP contribution in [0.5, 0.6) is 0 Å². The van der Waals surface area contributed by atoms with Gasteiger partial charge in [-0.15, -0.1) is 0 Å². The van der Waals surface area contributed by atoms with Crippen LogP contribution in [0.15, 0.2) is 39.4 Å². The third-order valence-electron chi connectivity index (χ3n) is 3.12. The van der Waals surface area contributed by atoms with Crippen molar-refractivity contribution in [3.8, 4) is 11.7 Å². The van der Waals surface area contributed by atoms with Crippen LogP contribution < -0.4 is 5.73 Å². The number of hydrogen-bond acceptors (Lipinski definition) is 4. The third-order valence-corrected chi connectivity index (χ3v) is 3.12. The van der Waals surface area contributed by atoms with Gasteiger partial charge in [-0.3, -0.25) is 0 Å². The van der Waals surface area contributed by atoms with Crippen LogP contribution >= 0.6 is 0 Å². The van der Waals surface area contributed by atoms with E-state index in [1.165, 1.54) is 0 Å². The summed E-state index contributed by atoms with van der Waals surface area (Å²) in [6.07, 6.45) is 1.59. The summed E-state index contributed by atoms with van der Waals surface area (Å²) in [5, 5.41) is 0. The molecule has 0 aliphatic rings. The summed E-state index contributed by atoms with van der Waals surface area (Å²) >= 11 is 0. The van der Waals surface area contributed by atoms with E-state index in [4.69, 9.17) is 14.6 Å². The molecule has 0 aliphatic heterocycles. The molecule has 3 aromatic rings. The fraction of sp³-hybridized carbons (Fsp3) is 0.267. The first-order chi connectivity index (χ1) is 8.95. The molecule has 0 fully saturated rings. The minimum absolute atomic E-state index is 0.0199. The molecule has 2 heterocycles. The number of fused-ring (bicyclic) bond motifs is 1. The van der Waals surface area contributed by atoms with E-state index in [2.05, 4.69) is 25.8 Å². The van der Waals surface area contributed by atoms with E-state index in [9.17, 15) is 0 Å². The number of benzene rings is 1. The zero-order chi connectivity index (χ0) is 13.6. The summed E-state index contributed by atoms with van der Waals surface area (Å²) in [6, 6.07) is 7.57. The van der Waals surface area contributed by atoms with Gasteiger partial charge in [0, 0.05) is 0 Å².